The van der Waals surface area contributed by atoms with Gasteiger partial charge in [0.1, 0.15) is 12.2 Å². The van der Waals surface area contributed by atoms with Crippen LogP contribution < -0.4 is 5.32 Å². The highest BCUT2D eigenvalue weighted by molar-refractivity contribution is 5.77. The number of H-pyrrole nitrogens is 1. The van der Waals surface area contributed by atoms with Gasteiger partial charge < -0.3 is 5.32 Å². The smallest absolute Gasteiger partial charge is 0.222 e. The number of nitrogens with zero attached hydrogens (tertiary/aromatic N) is 2. The molecule has 1 amide bonds. The lowest BCUT2D eigenvalue weighted by molar-refractivity contribution is -0.124. The van der Waals surface area contributed by atoms with Crippen molar-refractivity contribution >= 4 is 5.91 Å². The molecule has 5 heteroatoms. The third-order valence-electron chi connectivity index (χ3n) is 1.42. The number of amides is 1. The zero-order chi connectivity index (χ0) is 8.97. The molecule has 0 atom stereocenters. The highest BCUT2D eigenvalue weighted by Crippen LogP contribution is 1.91. The van der Waals surface area contributed by atoms with Gasteiger partial charge in [-0.05, 0) is 0 Å². The van der Waals surface area contributed by atoms with Gasteiger partial charge in [-0.3, -0.25) is 9.89 Å². The number of carbonyl (C=O) groups is 1. The van der Waals surface area contributed by atoms with E-state index in [0.717, 1.165) is 0 Å². The number of hydrogen-bond acceptors (Lipinski definition) is 3. The molecule has 0 radical (unpaired) electrons. The summed E-state index contributed by atoms with van der Waals surface area (Å²) in [6, 6.07) is 0. The van der Waals surface area contributed by atoms with Crippen LogP contribution >= 0.6 is 0 Å². The zero-order valence-corrected chi connectivity index (χ0v) is 7.16. The van der Waals surface area contributed by atoms with Gasteiger partial charge in [0.15, 0.2) is 0 Å². The van der Waals surface area contributed by atoms with E-state index in [9.17, 15) is 4.79 Å². The number of aromatic amines is 1. The van der Waals surface area contributed by atoms with Crippen molar-refractivity contribution in [3.63, 3.8) is 0 Å². The fraction of sp³-hybridized carbons (Fsp3) is 0.571. The molecule has 0 saturated carbocycles. The Morgan fingerprint density at radius 3 is 3.00 bits per heavy atom. The highest BCUT2D eigenvalue weighted by Gasteiger charge is 2.06. The van der Waals surface area contributed by atoms with Crippen molar-refractivity contribution in [2.45, 2.75) is 20.4 Å². The van der Waals surface area contributed by atoms with E-state index in [2.05, 4.69) is 20.5 Å². The van der Waals surface area contributed by atoms with Crippen LogP contribution in [0.15, 0.2) is 6.33 Å². The van der Waals surface area contributed by atoms with E-state index in [-0.39, 0.29) is 11.8 Å². The molecule has 1 heterocycles. The minimum atomic E-state index is 0.00733. The van der Waals surface area contributed by atoms with E-state index in [1.165, 1.54) is 6.33 Å². The Kier molecular flexibility index (Phi) is 2.79. The summed E-state index contributed by atoms with van der Waals surface area (Å²) in [5.41, 5.74) is 0. The van der Waals surface area contributed by atoms with Gasteiger partial charge in [-0.1, -0.05) is 13.8 Å². The molecule has 1 rings (SSSR count). The molecule has 66 valence electrons. The van der Waals surface area contributed by atoms with Crippen LogP contribution in [0.4, 0.5) is 0 Å². The fourth-order valence-electron chi connectivity index (χ4n) is 0.691. The molecule has 0 aromatic carbocycles. The van der Waals surface area contributed by atoms with Crippen LogP contribution in [-0.4, -0.2) is 21.1 Å². The summed E-state index contributed by atoms with van der Waals surface area (Å²) < 4.78 is 0. The Bertz CT molecular complexity index is 242. The van der Waals surface area contributed by atoms with Crippen molar-refractivity contribution in [2.75, 3.05) is 0 Å². The van der Waals surface area contributed by atoms with E-state index in [4.69, 9.17) is 0 Å². The van der Waals surface area contributed by atoms with Crippen molar-refractivity contribution in [1.29, 1.82) is 0 Å². The van der Waals surface area contributed by atoms with Gasteiger partial charge in [-0.25, -0.2) is 4.98 Å². The first kappa shape index (κ1) is 8.70. The Labute approximate surface area is 70.6 Å². The lowest BCUT2D eigenvalue weighted by Crippen LogP contribution is -2.27. The molecule has 1 aromatic heterocycles. The Balaban J connectivity index is 2.32. The maximum Gasteiger partial charge on any atom is 0.222 e. The van der Waals surface area contributed by atoms with Gasteiger partial charge in [0.25, 0.3) is 0 Å². The first-order valence-electron chi connectivity index (χ1n) is 3.82. The van der Waals surface area contributed by atoms with Crippen molar-refractivity contribution in [3.8, 4) is 0 Å². The predicted octanol–water partition coefficient (Wildman–Crippen LogP) is 0.0769. The second-order valence-electron chi connectivity index (χ2n) is 2.80. The average Bonchev–Trinajstić information content (AvgIpc) is 2.51. The lowest BCUT2D eigenvalue weighted by Gasteiger charge is -2.04. The minimum absolute atomic E-state index is 0.00733. The number of nitrogens with one attached hydrogen (secondary N) is 2. The molecule has 0 bridgehead atoms. The van der Waals surface area contributed by atoms with E-state index in [1.54, 1.807) is 0 Å². The number of hydrogen-bond donors (Lipinski definition) is 2. The summed E-state index contributed by atoms with van der Waals surface area (Å²) in [6.45, 7) is 4.10. The first-order valence-corrected chi connectivity index (χ1v) is 3.82. The standard InChI is InChI=1S/C7H12N4O/c1-5(2)7(12)8-3-6-9-4-10-11-6/h4-5H,3H2,1-2H3,(H,8,12)(H,9,10,11). The topological polar surface area (TPSA) is 70.7 Å². The fourth-order valence-corrected chi connectivity index (χ4v) is 0.691. The van der Waals surface area contributed by atoms with Crippen molar-refractivity contribution in [3.05, 3.63) is 12.2 Å². The largest absolute Gasteiger partial charge is 0.349 e. The Morgan fingerprint density at radius 1 is 1.75 bits per heavy atom. The SMILES string of the molecule is CC(C)C(=O)NCc1ncn[nH]1. The Hall–Kier alpha value is -1.39. The zero-order valence-electron chi connectivity index (χ0n) is 7.16. The Morgan fingerprint density at radius 2 is 2.50 bits per heavy atom. The summed E-state index contributed by atoms with van der Waals surface area (Å²) in [4.78, 5) is 14.9. The molecule has 0 aliphatic rings. The van der Waals surface area contributed by atoms with E-state index >= 15 is 0 Å². The third-order valence-corrected chi connectivity index (χ3v) is 1.42. The normalized spacial score (nSPS) is 10.2. The van der Waals surface area contributed by atoms with Gasteiger partial charge in [-0.2, -0.15) is 5.10 Å². The molecular weight excluding hydrogens is 156 g/mol. The number of carbonyl (C=O) groups excluding carboxylic acids is 1. The number of rotatable bonds is 3. The highest BCUT2D eigenvalue weighted by atomic mass is 16.1. The second-order valence-corrected chi connectivity index (χ2v) is 2.80. The maximum absolute atomic E-state index is 11.1. The summed E-state index contributed by atoms with van der Waals surface area (Å²) in [5.74, 6) is 0.698. The quantitative estimate of drug-likeness (QED) is 0.671. The molecule has 1 aromatic rings. The number of aromatic nitrogens is 3. The van der Waals surface area contributed by atoms with Gasteiger partial charge in [-0.15, -0.1) is 0 Å². The second kappa shape index (κ2) is 3.85. The molecular formula is C7H12N4O. The van der Waals surface area contributed by atoms with Crippen LogP contribution in [0.1, 0.15) is 19.7 Å². The third kappa shape index (κ3) is 2.34. The monoisotopic (exact) mass is 168 g/mol. The molecule has 12 heavy (non-hydrogen) atoms. The predicted molar refractivity (Wildman–Crippen MR) is 43.1 cm³/mol. The molecule has 0 aliphatic heterocycles. The van der Waals surface area contributed by atoms with Crippen LogP contribution in [0.25, 0.3) is 0 Å². The van der Waals surface area contributed by atoms with Gasteiger partial charge >= 0.3 is 0 Å². The van der Waals surface area contributed by atoms with Crippen LogP contribution in [0.2, 0.25) is 0 Å². The minimum Gasteiger partial charge on any atom is -0.349 e. The average molecular weight is 168 g/mol. The van der Waals surface area contributed by atoms with Crippen molar-refractivity contribution in [2.24, 2.45) is 5.92 Å². The van der Waals surface area contributed by atoms with Crippen LogP contribution in [0.3, 0.4) is 0 Å². The van der Waals surface area contributed by atoms with E-state index < -0.39 is 0 Å². The molecule has 2 N–H and O–H groups in total. The van der Waals surface area contributed by atoms with E-state index in [1.807, 2.05) is 13.8 Å². The van der Waals surface area contributed by atoms with Crippen LogP contribution in [0, 0.1) is 5.92 Å². The summed E-state index contributed by atoms with van der Waals surface area (Å²) >= 11 is 0. The first-order chi connectivity index (χ1) is 5.70. The maximum atomic E-state index is 11.1. The molecule has 0 unspecified atom stereocenters. The van der Waals surface area contributed by atoms with Crippen LogP contribution in [0.5, 0.6) is 0 Å². The molecule has 0 saturated heterocycles. The van der Waals surface area contributed by atoms with Gasteiger partial charge in [0, 0.05) is 5.92 Å². The lowest BCUT2D eigenvalue weighted by atomic mass is 10.2. The molecule has 0 fully saturated rings. The van der Waals surface area contributed by atoms with E-state index in [0.29, 0.717) is 12.4 Å². The van der Waals surface area contributed by atoms with Crippen LogP contribution in [-0.2, 0) is 11.3 Å². The summed E-state index contributed by atoms with van der Waals surface area (Å²) in [5, 5.41) is 9.02. The molecule has 0 spiro atoms. The van der Waals surface area contributed by atoms with Gasteiger partial charge in [0.05, 0.1) is 6.54 Å². The van der Waals surface area contributed by atoms with Crippen molar-refractivity contribution < 1.29 is 4.79 Å². The van der Waals surface area contributed by atoms with Gasteiger partial charge in [0.2, 0.25) is 5.91 Å². The van der Waals surface area contributed by atoms with Crippen molar-refractivity contribution in [1.82, 2.24) is 20.5 Å². The molecule has 5 nitrogen and oxygen atoms in total. The summed E-state index contributed by atoms with van der Waals surface area (Å²) in [7, 11) is 0. The summed E-state index contributed by atoms with van der Waals surface area (Å²) in [6.07, 6.45) is 1.41. The molecule has 0 aliphatic carbocycles.